The third-order valence-electron chi connectivity index (χ3n) is 2.74. The molecule has 0 aliphatic rings. The Labute approximate surface area is 114 Å². The summed E-state index contributed by atoms with van der Waals surface area (Å²) in [5.74, 6) is 5.38. The third-order valence-corrected chi connectivity index (χ3v) is 2.74. The SMILES string of the molecule is COC(C)C(=O)N(C)Cc1cccc(C#CCO)c1. The minimum atomic E-state index is -0.442. The zero-order chi connectivity index (χ0) is 14.3. The standard InChI is InChI=1S/C15H19NO3/c1-12(19-3)15(18)16(2)11-14-7-4-6-13(10-14)8-5-9-17/h4,6-7,10,12,17H,9,11H2,1-3H3. The predicted octanol–water partition coefficient (Wildman–Crippen LogP) is 1.02. The van der Waals surface area contributed by atoms with Crippen LogP contribution in [0.25, 0.3) is 0 Å². The first kappa shape index (κ1) is 15.2. The first-order valence-corrected chi connectivity index (χ1v) is 6.05. The molecule has 4 nitrogen and oxygen atoms in total. The van der Waals surface area contributed by atoms with Crippen LogP contribution in [0.5, 0.6) is 0 Å². The summed E-state index contributed by atoms with van der Waals surface area (Å²) in [6, 6.07) is 7.59. The maximum atomic E-state index is 11.9. The fraction of sp³-hybridized carbons (Fsp3) is 0.400. The van der Waals surface area contributed by atoms with E-state index in [0.29, 0.717) is 6.54 Å². The summed E-state index contributed by atoms with van der Waals surface area (Å²) >= 11 is 0. The lowest BCUT2D eigenvalue weighted by atomic mass is 10.1. The zero-order valence-electron chi connectivity index (χ0n) is 11.5. The summed E-state index contributed by atoms with van der Waals surface area (Å²) in [6.07, 6.45) is -0.442. The second kappa shape index (κ2) is 7.57. The lowest BCUT2D eigenvalue weighted by molar-refractivity contribution is -0.140. The van der Waals surface area contributed by atoms with Gasteiger partial charge in [0.05, 0.1) is 0 Å². The smallest absolute Gasteiger partial charge is 0.251 e. The van der Waals surface area contributed by atoms with Crippen LogP contribution in [0.2, 0.25) is 0 Å². The summed E-state index contributed by atoms with van der Waals surface area (Å²) in [5.41, 5.74) is 1.82. The molecule has 1 aromatic carbocycles. The Morgan fingerprint density at radius 3 is 2.89 bits per heavy atom. The molecule has 0 heterocycles. The molecule has 102 valence electrons. The lowest BCUT2D eigenvalue weighted by Gasteiger charge is -2.20. The van der Waals surface area contributed by atoms with Gasteiger partial charge in [-0.3, -0.25) is 4.79 Å². The summed E-state index contributed by atoms with van der Waals surface area (Å²) in [4.78, 5) is 13.5. The number of carbonyl (C=O) groups is 1. The van der Waals surface area contributed by atoms with Crippen LogP contribution in [0.4, 0.5) is 0 Å². The quantitative estimate of drug-likeness (QED) is 0.823. The lowest BCUT2D eigenvalue weighted by Crippen LogP contribution is -2.35. The molecule has 0 saturated carbocycles. The number of methoxy groups -OCH3 is 1. The molecule has 0 radical (unpaired) electrons. The van der Waals surface area contributed by atoms with Gasteiger partial charge in [-0.1, -0.05) is 24.0 Å². The number of nitrogens with zero attached hydrogens (tertiary/aromatic N) is 1. The summed E-state index contributed by atoms with van der Waals surface area (Å²) in [5, 5.41) is 8.66. The third kappa shape index (κ3) is 4.74. The molecule has 0 saturated heterocycles. The first-order chi connectivity index (χ1) is 9.08. The number of amides is 1. The number of aliphatic hydroxyl groups is 1. The van der Waals surface area contributed by atoms with Crippen LogP contribution >= 0.6 is 0 Å². The van der Waals surface area contributed by atoms with Crippen LogP contribution in [0.15, 0.2) is 24.3 Å². The molecule has 1 N–H and O–H groups in total. The van der Waals surface area contributed by atoms with E-state index in [1.54, 1.807) is 18.9 Å². The van der Waals surface area contributed by atoms with Gasteiger partial charge in [-0.2, -0.15) is 0 Å². The number of aliphatic hydroxyl groups excluding tert-OH is 1. The van der Waals surface area contributed by atoms with E-state index in [1.165, 1.54) is 7.11 Å². The van der Waals surface area contributed by atoms with E-state index in [-0.39, 0.29) is 12.5 Å². The van der Waals surface area contributed by atoms with Crippen molar-refractivity contribution < 1.29 is 14.6 Å². The normalized spacial score (nSPS) is 11.4. The highest BCUT2D eigenvalue weighted by Crippen LogP contribution is 2.08. The van der Waals surface area contributed by atoms with Gasteiger partial charge in [-0.05, 0) is 24.6 Å². The van der Waals surface area contributed by atoms with Crippen molar-refractivity contribution in [2.45, 2.75) is 19.6 Å². The Bertz CT molecular complexity index is 488. The number of carbonyl (C=O) groups excluding carboxylic acids is 1. The molecule has 0 aromatic heterocycles. The largest absolute Gasteiger partial charge is 0.384 e. The van der Waals surface area contributed by atoms with Gasteiger partial charge < -0.3 is 14.7 Å². The second-order valence-electron chi connectivity index (χ2n) is 4.23. The summed E-state index contributed by atoms with van der Waals surface area (Å²) in [6.45, 7) is 2.07. The van der Waals surface area contributed by atoms with Crippen molar-refractivity contribution in [1.29, 1.82) is 0 Å². The van der Waals surface area contributed by atoms with Gasteiger partial charge in [-0.15, -0.1) is 0 Å². The number of hydrogen-bond acceptors (Lipinski definition) is 3. The molecule has 1 amide bonds. The first-order valence-electron chi connectivity index (χ1n) is 6.05. The molecule has 1 rings (SSSR count). The molecule has 1 aromatic rings. The molecule has 0 bridgehead atoms. The van der Waals surface area contributed by atoms with Crippen LogP contribution in [-0.4, -0.2) is 42.8 Å². The number of ether oxygens (including phenoxy) is 1. The molecular formula is C15H19NO3. The Kier molecular flexibility index (Phi) is 6.07. The number of hydrogen-bond donors (Lipinski definition) is 1. The number of benzene rings is 1. The maximum absolute atomic E-state index is 11.9. The van der Waals surface area contributed by atoms with Gasteiger partial charge in [0.15, 0.2) is 0 Å². The number of rotatable bonds is 4. The summed E-state index contributed by atoms with van der Waals surface area (Å²) in [7, 11) is 3.26. The van der Waals surface area contributed by atoms with Crippen molar-refractivity contribution in [3.05, 3.63) is 35.4 Å². The molecule has 19 heavy (non-hydrogen) atoms. The molecule has 0 fully saturated rings. The van der Waals surface area contributed by atoms with Gasteiger partial charge in [0.2, 0.25) is 0 Å². The number of likely N-dealkylation sites (N-methyl/N-ethyl adjacent to an activating group) is 1. The monoisotopic (exact) mass is 261 g/mol. The molecule has 0 aliphatic carbocycles. The van der Waals surface area contributed by atoms with Crippen molar-refractivity contribution in [2.75, 3.05) is 20.8 Å². The molecule has 0 spiro atoms. The highest BCUT2D eigenvalue weighted by Gasteiger charge is 2.16. The van der Waals surface area contributed by atoms with Crippen LogP contribution in [0.1, 0.15) is 18.1 Å². The maximum Gasteiger partial charge on any atom is 0.251 e. The van der Waals surface area contributed by atoms with E-state index >= 15 is 0 Å². The predicted molar refractivity (Wildman–Crippen MR) is 73.4 cm³/mol. The van der Waals surface area contributed by atoms with Gasteiger partial charge in [0.25, 0.3) is 5.91 Å². The van der Waals surface area contributed by atoms with Crippen molar-refractivity contribution in [3.8, 4) is 11.8 Å². The van der Waals surface area contributed by atoms with Crippen molar-refractivity contribution in [3.63, 3.8) is 0 Å². The topological polar surface area (TPSA) is 49.8 Å². The van der Waals surface area contributed by atoms with E-state index in [1.807, 2.05) is 24.3 Å². The highest BCUT2D eigenvalue weighted by atomic mass is 16.5. The molecule has 0 aliphatic heterocycles. The molecule has 1 atom stereocenters. The van der Waals surface area contributed by atoms with Gasteiger partial charge >= 0.3 is 0 Å². The molecule has 1 unspecified atom stereocenters. The fourth-order valence-corrected chi connectivity index (χ4v) is 1.65. The van der Waals surface area contributed by atoms with E-state index in [9.17, 15) is 4.79 Å². The minimum absolute atomic E-state index is 0.0608. The zero-order valence-corrected chi connectivity index (χ0v) is 11.5. The van der Waals surface area contributed by atoms with Gasteiger partial charge in [-0.25, -0.2) is 0 Å². The Hall–Kier alpha value is -1.83. The van der Waals surface area contributed by atoms with E-state index in [4.69, 9.17) is 9.84 Å². The second-order valence-corrected chi connectivity index (χ2v) is 4.23. The van der Waals surface area contributed by atoms with Crippen LogP contribution in [0.3, 0.4) is 0 Å². The average molecular weight is 261 g/mol. The molecular weight excluding hydrogens is 242 g/mol. The molecule has 4 heteroatoms. The van der Waals surface area contributed by atoms with Gasteiger partial charge in [0.1, 0.15) is 12.7 Å². The van der Waals surface area contributed by atoms with Crippen LogP contribution in [0, 0.1) is 11.8 Å². The van der Waals surface area contributed by atoms with Crippen LogP contribution < -0.4 is 0 Å². The summed E-state index contributed by atoms with van der Waals surface area (Å²) < 4.78 is 5.01. The highest BCUT2D eigenvalue weighted by molar-refractivity contribution is 5.80. The van der Waals surface area contributed by atoms with E-state index in [0.717, 1.165) is 11.1 Å². The van der Waals surface area contributed by atoms with Crippen molar-refractivity contribution in [2.24, 2.45) is 0 Å². The van der Waals surface area contributed by atoms with Gasteiger partial charge in [0, 0.05) is 26.3 Å². The van der Waals surface area contributed by atoms with Crippen molar-refractivity contribution in [1.82, 2.24) is 4.90 Å². The van der Waals surface area contributed by atoms with Crippen LogP contribution in [-0.2, 0) is 16.1 Å². The Balaban J connectivity index is 2.74. The average Bonchev–Trinajstić information content (AvgIpc) is 2.43. The Morgan fingerprint density at radius 1 is 1.53 bits per heavy atom. The van der Waals surface area contributed by atoms with E-state index in [2.05, 4.69) is 11.8 Å². The van der Waals surface area contributed by atoms with E-state index < -0.39 is 6.10 Å². The minimum Gasteiger partial charge on any atom is -0.384 e. The Morgan fingerprint density at radius 2 is 2.26 bits per heavy atom. The fourth-order valence-electron chi connectivity index (χ4n) is 1.65. The van der Waals surface area contributed by atoms with Crippen molar-refractivity contribution >= 4 is 5.91 Å².